The van der Waals surface area contributed by atoms with Gasteiger partial charge in [0.05, 0.1) is 4.92 Å². The number of nitrogens with zero attached hydrogens (tertiary/aromatic N) is 4. The van der Waals surface area contributed by atoms with Crippen molar-refractivity contribution in [3.63, 3.8) is 0 Å². The van der Waals surface area contributed by atoms with Crippen molar-refractivity contribution in [1.29, 1.82) is 5.26 Å². The summed E-state index contributed by atoms with van der Waals surface area (Å²) < 4.78 is 1.72. The largest absolute Gasteiger partial charge is 0.317 e. The highest BCUT2D eigenvalue weighted by molar-refractivity contribution is 7.15. The average Bonchev–Trinajstić information content (AvgIpc) is 3.48. The molecule has 8 nitrogen and oxygen atoms in total. The van der Waals surface area contributed by atoms with Crippen LogP contribution in [-0.2, 0) is 11.2 Å². The normalized spacial score (nSPS) is 11.1. The number of halogens is 1. The van der Waals surface area contributed by atoms with Gasteiger partial charge >= 0.3 is 0 Å². The van der Waals surface area contributed by atoms with Gasteiger partial charge < -0.3 is 4.57 Å². The van der Waals surface area contributed by atoms with E-state index in [1.54, 1.807) is 41.2 Å². The number of carbonyl (C=O) groups is 1. The zero-order chi connectivity index (χ0) is 24.1. The maximum absolute atomic E-state index is 12.7. The number of hydrogen-bond donors (Lipinski definition) is 1. The Morgan fingerprint density at radius 1 is 1.21 bits per heavy atom. The van der Waals surface area contributed by atoms with Gasteiger partial charge in [-0.05, 0) is 48.0 Å². The van der Waals surface area contributed by atoms with Crippen LogP contribution in [0.3, 0.4) is 0 Å². The van der Waals surface area contributed by atoms with Crippen LogP contribution in [0.4, 0.5) is 10.8 Å². The second-order valence-electron chi connectivity index (χ2n) is 7.14. The Morgan fingerprint density at radius 2 is 1.94 bits per heavy atom. The lowest BCUT2D eigenvalue weighted by atomic mass is 10.1. The molecule has 4 rings (SSSR count). The Kier molecular flexibility index (Phi) is 6.82. The Hall–Kier alpha value is -4.26. The van der Waals surface area contributed by atoms with E-state index < -0.39 is 10.8 Å². The van der Waals surface area contributed by atoms with Crippen molar-refractivity contribution >= 4 is 45.7 Å². The van der Waals surface area contributed by atoms with Gasteiger partial charge in [0.1, 0.15) is 11.6 Å². The van der Waals surface area contributed by atoms with Crippen LogP contribution in [0.5, 0.6) is 0 Å². The summed E-state index contributed by atoms with van der Waals surface area (Å²) in [4.78, 5) is 28.3. The molecule has 10 heteroatoms. The summed E-state index contributed by atoms with van der Waals surface area (Å²) in [5, 5.41) is 24.2. The Bertz CT molecular complexity index is 1420. The molecule has 0 aliphatic carbocycles. The molecule has 0 radical (unpaired) electrons. The van der Waals surface area contributed by atoms with E-state index in [9.17, 15) is 20.2 Å². The van der Waals surface area contributed by atoms with Gasteiger partial charge in [0.25, 0.3) is 11.6 Å². The minimum Gasteiger partial charge on any atom is -0.317 e. The van der Waals surface area contributed by atoms with Crippen LogP contribution in [0.15, 0.2) is 78.6 Å². The van der Waals surface area contributed by atoms with E-state index >= 15 is 0 Å². The molecule has 0 saturated heterocycles. The van der Waals surface area contributed by atoms with E-state index in [4.69, 9.17) is 11.6 Å². The SMILES string of the molecule is N#CC(=Cc1cccn1-c1ccc([N+](=O)[O-])cc1)C(=O)Nc1ncc(Cc2ccc(Cl)cc2)s1. The van der Waals surface area contributed by atoms with Gasteiger partial charge in [0.15, 0.2) is 5.13 Å². The number of nitro benzene ring substituents is 1. The highest BCUT2D eigenvalue weighted by Crippen LogP contribution is 2.23. The summed E-state index contributed by atoms with van der Waals surface area (Å²) in [6.07, 6.45) is 5.53. The number of nitro groups is 1. The summed E-state index contributed by atoms with van der Waals surface area (Å²) in [6.45, 7) is 0. The maximum Gasteiger partial charge on any atom is 0.269 e. The molecule has 0 unspecified atom stereocenters. The molecule has 0 aliphatic rings. The van der Waals surface area contributed by atoms with Crippen molar-refractivity contribution in [2.45, 2.75) is 6.42 Å². The smallest absolute Gasteiger partial charge is 0.269 e. The molecule has 1 N–H and O–H groups in total. The number of aromatic nitrogens is 2. The number of amides is 1. The van der Waals surface area contributed by atoms with Crippen LogP contribution in [0, 0.1) is 21.4 Å². The molecule has 1 amide bonds. The third-order valence-corrected chi connectivity index (χ3v) is 6.01. The summed E-state index contributed by atoms with van der Waals surface area (Å²) in [7, 11) is 0. The Labute approximate surface area is 203 Å². The molecule has 2 heterocycles. The van der Waals surface area contributed by atoms with Crippen molar-refractivity contribution in [3.05, 3.63) is 110 Å². The first kappa shape index (κ1) is 22.9. The lowest BCUT2D eigenvalue weighted by Crippen LogP contribution is -2.13. The number of rotatable bonds is 7. The summed E-state index contributed by atoms with van der Waals surface area (Å²) >= 11 is 7.24. The van der Waals surface area contributed by atoms with Crippen molar-refractivity contribution in [2.75, 3.05) is 5.32 Å². The fraction of sp³-hybridized carbons (Fsp3) is 0.0417. The number of benzene rings is 2. The highest BCUT2D eigenvalue weighted by Gasteiger charge is 2.14. The molecule has 0 atom stereocenters. The van der Waals surface area contributed by atoms with Crippen LogP contribution in [0.1, 0.15) is 16.1 Å². The topological polar surface area (TPSA) is 114 Å². The quantitative estimate of drug-likeness (QED) is 0.156. The molecule has 34 heavy (non-hydrogen) atoms. The zero-order valence-electron chi connectivity index (χ0n) is 17.5. The maximum atomic E-state index is 12.7. The molecule has 4 aromatic rings. The fourth-order valence-corrected chi connectivity index (χ4v) is 4.16. The number of nitrogens with one attached hydrogen (secondary N) is 1. The van der Waals surface area contributed by atoms with E-state index in [0.29, 0.717) is 28.0 Å². The molecule has 0 aliphatic heterocycles. The number of carbonyl (C=O) groups excluding carboxylic acids is 1. The molecule has 0 spiro atoms. The first-order chi connectivity index (χ1) is 16.4. The Morgan fingerprint density at radius 3 is 2.62 bits per heavy atom. The number of anilines is 1. The predicted octanol–water partition coefficient (Wildman–Crippen LogP) is 5.63. The van der Waals surface area contributed by atoms with Crippen LogP contribution in [-0.4, -0.2) is 20.4 Å². The molecule has 168 valence electrons. The number of non-ortho nitro benzene ring substituents is 1. The molecule has 0 bridgehead atoms. The third kappa shape index (κ3) is 5.38. The van der Waals surface area contributed by atoms with Gasteiger partial charge in [-0.1, -0.05) is 23.7 Å². The van der Waals surface area contributed by atoms with Gasteiger partial charge in [0, 0.05) is 52.2 Å². The standard InChI is InChI=1S/C24H16ClN5O3S/c25-18-5-3-16(4-6-18)12-22-15-27-24(34-22)28-23(31)17(14-26)13-21-2-1-11-29(21)19-7-9-20(10-8-19)30(32)33/h1-11,13,15H,12H2,(H,27,28,31). The molecular weight excluding hydrogens is 474 g/mol. The zero-order valence-corrected chi connectivity index (χ0v) is 19.1. The lowest BCUT2D eigenvalue weighted by Gasteiger charge is -2.07. The van der Waals surface area contributed by atoms with Crippen molar-refractivity contribution in [3.8, 4) is 11.8 Å². The van der Waals surface area contributed by atoms with Gasteiger partial charge in [-0.2, -0.15) is 5.26 Å². The number of thiazole rings is 1. The van der Waals surface area contributed by atoms with E-state index in [2.05, 4.69) is 10.3 Å². The van der Waals surface area contributed by atoms with Crippen LogP contribution in [0.25, 0.3) is 11.8 Å². The molecule has 0 saturated carbocycles. The van der Waals surface area contributed by atoms with Crippen molar-refractivity contribution < 1.29 is 9.72 Å². The van der Waals surface area contributed by atoms with E-state index in [-0.39, 0.29) is 11.3 Å². The average molecular weight is 490 g/mol. The first-order valence-corrected chi connectivity index (χ1v) is 11.2. The summed E-state index contributed by atoms with van der Waals surface area (Å²) in [5.41, 5.74) is 2.17. The predicted molar refractivity (Wildman–Crippen MR) is 131 cm³/mol. The minimum absolute atomic E-state index is 0.0241. The molecular formula is C24H16ClN5O3S. The van der Waals surface area contributed by atoms with Crippen molar-refractivity contribution in [1.82, 2.24) is 9.55 Å². The van der Waals surface area contributed by atoms with Crippen LogP contribution >= 0.6 is 22.9 Å². The Balaban J connectivity index is 1.49. The second-order valence-corrected chi connectivity index (χ2v) is 8.69. The minimum atomic E-state index is -0.577. The van der Waals surface area contributed by atoms with Crippen molar-refractivity contribution in [2.24, 2.45) is 0 Å². The van der Waals surface area contributed by atoms with E-state index in [1.165, 1.54) is 29.5 Å². The number of nitriles is 1. The second kappa shape index (κ2) is 10.1. The third-order valence-electron chi connectivity index (χ3n) is 4.84. The van der Waals surface area contributed by atoms with Gasteiger partial charge in [-0.15, -0.1) is 11.3 Å². The monoisotopic (exact) mass is 489 g/mol. The number of hydrogen-bond acceptors (Lipinski definition) is 6. The van der Waals surface area contributed by atoms with Gasteiger partial charge in [-0.3, -0.25) is 20.2 Å². The van der Waals surface area contributed by atoms with Gasteiger partial charge in [0.2, 0.25) is 0 Å². The lowest BCUT2D eigenvalue weighted by molar-refractivity contribution is -0.384. The summed E-state index contributed by atoms with van der Waals surface area (Å²) in [6, 6.07) is 18.9. The van der Waals surface area contributed by atoms with Crippen LogP contribution < -0.4 is 5.32 Å². The van der Waals surface area contributed by atoms with Crippen LogP contribution in [0.2, 0.25) is 5.02 Å². The molecule has 2 aromatic carbocycles. The molecule has 2 aromatic heterocycles. The van der Waals surface area contributed by atoms with Gasteiger partial charge in [-0.25, -0.2) is 4.98 Å². The fourth-order valence-electron chi connectivity index (χ4n) is 3.19. The first-order valence-electron chi connectivity index (χ1n) is 9.97. The highest BCUT2D eigenvalue weighted by atomic mass is 35.5. The van der Waals surface area contributed by atoms with E-state index in [1.807, 2.05) is 30.3 Å². The molecule has 0 fully saturated rings. The van der Waals surface area contributed by atoms with E-state index in [0.717, 1.165) is 10.4 Å². The summed E-state index contributed by atoms with van der Waals surface area (Å²) in [5.74, 6) is -0.577.